The molecule has 1 aromatic rings. The third-order valence-electron chi connectivity index (χ3n) is 4.07. The van der Waals surface area contributed by atoms with Gasteiger partial charge in [-0.1, -0.05) is 31.0 Å². The van der Waals surface area contributed by atoms with Gasteiger partial charge in [0.2, 0.25) is 0 Å². The summed E-state index contributed by atoms with van der Waals surface area (Å²) in [4.78, 5) is 34.8. The molecule has 0 amide bonds. The predicted molar refractivity (Wildman–Crippen MR) is 103 cm³/mol. The fourth-order valence-electron chi connectivity index (χ4n) is 2.72. The minimum atomic E-state index is -1.32. The van der Waals surface area contributed by atoms with Crippen molar-refractivity contribution in [2.24, 2.45) is 0 Å². The maximum Gasteiger partial charge on any atom is 0.332 e. The van der Waals surface area contributed by atoms with Crippen molar-refractivity contribution in [1.29, 1.82) is 0 Å². The van der Waals surface area contributed by atoms with Gasteiger partial charge >= 0.3 is 17.9 Å². The fraction of sp³-hybridized carbons (Fsp3) is 0.476. The van der Waals surface area contributed by atoms with E-state index in [4.69, 9.17) is 14.6 Å². The van der Waals surface area contributed by atoms with Crippen molar-refractivity contribution in [3.63, 3.8) is 0 Å². The molecule has 154 valence electrons. The Hall–Kier alpha value is -2.67. The molecule has 0 saturated carbocycles. The van der Waals surface area contributed by atoms with Gasteiger partial charge in [-0.2, -0.15) is 0 Å². The topological polar surface area (TPSA) is 110 Å². The van der Waals surface area contributed by atoms with Crippen molar-refractivity contribution in [2.75, 3.05) is 13.2 Å². The first-order valence-electron chi connectivity index (χ1n) is 9.43. The van der Waals surface area contributed by atoms with Gasteiger partial charge in [-0.3, -0.25) is 9.59 Å². The third-order valence-corrected chi connectivity index (χ3v) is 4.07. The summed E-state index contributed by atoms with van der Waals surface area (Å²) < 4.78 is 10.5. The molecule has 0 atom stereocenters. The SMILES string of the molecule is CCOCCCCCCC(CC(=O)Oc1ccccc1)=C(CC(=O)O)C(=O)O. The van der Waals surface area contributed by atoms with Gasteiger partial charge in [0, 0.05) is 18.8 Å². The van der Waals surface area contributed by atoms with Crippen LogP contribution in [-0.2, 0) is 19.1 Å². The van der Waals surface area contributed by atoms with Gasteiger partial charge in [-0.15, -0.1) is 0 Å². The van der Waals surface area contributed by atoms with Gasteiger partial charge in [0.15, 0.2) is 0 Å². The minimum Gasteiger partial charge on any atom is -0.481 e. The van der Waals surface area contributed by atoms with Crippen LogP contribution in [0.2, 0.25) is 0 Å². The predicted octanol–water partition coefficient (Wildman–Crippen LogP) is 3.83. The number of carboxylic acids is 2. The van der Waals surface area contributed by atoms with Crippen LogP contribution in [0.15, 0.2) is 41.5 Å². The highest BCUT2D eigenvalue weighted by atomic mass is 16.5. The molecular weight excluding hydrogens is 364 g/mol. The summed E-state index contributed by atoms with van der Waals surface area (Å²) in [5, 5.41) is 18.4. The number of hydrogen-bond donors (Lipinski definition) is 2. The number of ether oxygens (including phenoxy) is 2. The number of rotatable bonds is 14. The van der Waals surface area contributed by atoms with E-state index in [2.05, 4.69) is 0 Å². The lowest BCUT2D eigenvalue weighted by Gasteiger charge is -2.12. The van der Waals surface area contributed by atoms with Gasteiger partial charge in [-0.25, -0.2) is 4.79 Å². The largest absolute Gasteiger partial charge is 0.481 e. The van der Waals surface area contributed by atoms with Crippen molar-refractivity contribution in [1.82, 2.24) is 0 Å². The van der Waals surface area contributed by atoms with Crippen LogP contribution in [0, 0.1) is 0 Å². The second-order valence-corrected chi connectivity index (χ2v) is 6.28. The summed E-state index contributed by atoms with van der Waals surface area (Å²) in [6.45, 7) is 3.29. The maximum atomic E-state index is 12.2. The highest BCUT2D eigenvalue weighted by molar-refractivity contribution is 5.94. The number of carbonyl (C=O) groups is 3. The van der Waals surface area contributed by atoms with E-state index < -0.39 is 24.3 Å². The Morgan fingerprint density at radius 2 is 1.61 bits per heavy atom. The molecule has 2 N–H and O–H groups in total. The number of benzene rings is 1. The smallest absolute Gasteiger partial charge is 0.332 e. The molecular formula is C21H28O7. The Morgan fingerprint density at radius 1 is 0.929 bits per heavy atom. The summed E-state index contributed by atoms with van der Waals surface area (Å²) in [5.74, 6) is -2.82. The van der Waals surface area contributed by atoms with E-state index in [0.29, 0.717) is 37.4 Å². The van der Waals surface area contributed by atoms with E-state index in [0.717, 1.165) is 19.3 Å². The Balaban J connectivity index is 2.75. The summed E-state index contributed by atoms with van der Waals surface area (Å²) in [6.07, 6.45) is 2.79. The average Bonchev–Trinajstić information content (AvgIpc) is 2.65. The maximum absolute atomic E-state index is 12.2. The lowest BCUT2D eigenvalue weighted by Crippen LogP contribution is -2.15. The van der Waals surface area contributed by atoms with Crippen molar-refractivity contribution in [3.05, 3.63) is 41.5 Å². The highest BCUT2D eigenvalue weighted by Gasteiger charge is 2.20. The van der Waals surface area contributed by atoms with Gasteiger partial charge in [0.25, 0.3) is 0 Å². The normalized spacial score (nSPS) is 11.6. The van der Waals surface area contributed by atoms with Crippen molar-refractivity contribution >= 4 is 17.9 Å². The number of unbranched alkanes of at least 4 members (excludes halogenated alkanes) is 3. The molecule has 0 fully saturated rings. The molecule has 1 aromatic carbocycles. The Morgan fingerprint density at radius 3 is 2.21 bits per heavy atom. The van der Waals surface area contributed by atoms with E-state index in [-0.39, 0.29) is 12.0 Å². The molecule has 0 aliphatic carbocycles. The molecule has 1 rings (SSSR count). The van der Waals surface area contributed by atoms with E-state index in [1.807, 2.05) is 6.92 Å². The van der Waals surface area contributed by atoms with Crippen LogP contribution < -0.4 is 4.74 Å². The number of esters is 1. The monoisotopic (exact) mass is 392 g/mol. The van der Waals surface area contributed by atoms with Crippen LogP contribution in [0.1, 0.15) is 51.9 Å². The molecule has 0 aromatic heterocycles. The lowest BCUT2D eigenvalue weighted by atomic mass is 9.96. The first-order valence-corrected chi connectivity index (χ1v) is 9.43. The molecule has 0 bridgehead atoms. The molecule has 0 unspecified atom stereocenters. The number of aliphatic carboxylic acids is 2. The quantitative estimate of drug-likeness (QED) is 0.214. The Bertz CT molecular complexity index is 665. The number of carboxylic acid groups (broad SMARTS) is 2. The van der Waals surface area contributed by atoms with Crippen LogP contribution >= 0.6 is 0 Å². The molecule has 0 radical (unpaired) electrons. The Kier molecular flexibility index (Phi) is 11.3. The molecule has 0 aliphatic rings. The second kappa shape index (κ2) is 13.5. The first-order chi connectivity index (χ1) is 13.4. The third kappa shape index (κ3) is 9.87. The van der Waals surface area contributed by atoms with E-state index in [1.54, 1.807) is 30.3 Å². The summed E-state index contributed by atoms with van der Waals surface area (Å²) in [6, 6.07) is 8.46. The summed E-state index contributed by atoms with van der Waals surface area (Å²) in [5.41, 5.74) is 0.0625. The van der Waals surface area contributed by atoms with Crippen molar-refractivity contribution in [3.8, 4) is 5.75 Å². The van der Waals surface area contributed by atoms with Crippen molar-refractivity contribution in [2.45, 2.75) is 51.9 Å². The second-order valence-electron chi connectivity index (χ2n) is 6.28. The highest BCUT2D eigenvalue weighted by Crippen LogP contribution is 2.22. The molecule has 7 nitrogen and oxygen atoms in total. The summed E-state index contributed by atoms with van der Waals surface area (Å²) >= 11 is 0. The van der Waals surface area contributed by atoms with Gasteiger partial charge in [0.1, 0.15) is 5.75 Å². The average molecular weight is 392 g/mol. The van der Waals surface area contributed by atoms with Gasteiger partial charge < -0.3 is 19.7 Å². The zero-order valence-electron chi connectivity index (χ0n) is 16.2. The molecule has 7 heteroatoms. The van der Waals surface area contributed by atoms with Crippen LogP contribution in [-0.4, -0.2) is 41.3 Å². The van der Waals surface area contributed by atoms with Crippen LogP contribution in [0.3, 0.4) is 0 Å². The number of carbonyl (C=O) groups excluding carboxylic acids is 1. The first kappa shape index (κ1) is 23.4. The Labute approximate surface area is 165 Å². The zero-order valence-corrected chi connectivity index (χ0v) is 16.2. The molecule has 28 heavy (non-hydrogen) atoms. The zero-order chi connectivity index (χ0) is 20.8. The van der Waals surface area contributed by atoms with Crippen LogP contribution in [0.5, 0.6) is 5.75 Å². The number of hydrogen-bond acceptors (Lipinski definition) is 5. The lowest BCUT2D eigenvalue weighted by molar-refractivity contribution is -0.140. The minimum absolute atomic E-state index is 0.244. The van der Waals surface area contributed by atoms with Gasteiger partial charge in [0.05, 0.1) is 12.8 Å². The molecule has 0 aliphatic heterocycles. The molecule has 0 saturated heterocycles. The van der Waals surface area contributed by atoms with E-state index in [1.165, 1.54) is 0 Å². The van der Waals surface area contributed by atoms with Gasteiger partial charge in [-0.05, 0) is 43.9 Å². The van der Waals surface area contributed by atoms with E-state index in [9.17, 15) is 19.5 Å². The molecule has 0 spiro atoms. The fourth-order valence-corrected chi connectivity index (χ4v) is 2.72. The standard InChI is InChI=1S/C21H28O7/c1-2-27-13-9-4-3-6-10-16(18(21(25)26)15-19(22)23)14-20(24)28-17-11-7-5-8-12-17/h5,7-8,11-12H,2-4,6,9-10,13-15H2,1H3,(H,22,23)(H,25,26). The van der Waals surface area contributed by atoms with Crippen molar-refractivity contribution < 1.29 is 34.1 Å². The molecule has 0 heterocycles. The summed E-state index contributed by atoms with van der Waals surface area (Å²) in [7, 11) is 0. The van der Waals surface area contributed by atoms with E-state index >= 15 is 0 Å². The number of para-hydroxylation sites is 1. The van der Waals surface area contributed by atoms with Crippen LogP contribution in [0.25, 0.3) is 0 Å². The van der Waals surface area contributed by atoms with Crippen LogP contribution in [0.4, 0.5) is 0 Å².